The fraction of sp³-hybridized carbons (Fsp3) is 0. The van der Waals surface area contributed by atoms with Crippen LogP contribution >= 0.6 is 23.2 Å². The molecule has 4 nitrogen and oxygen atoms in total. The Morgan fingerprint density at radius 2 is 1.60 bits per heavy atom. The van der Waals surface area contributed by atoms with E-state index in [9.17, 15) is 0 Å². The summed E-state index contributed by atoms with van der Waals surface area (Å²) in [7, 11) is 0. The van der Waals surface area contributed by atoms with Gasteiger partial charge in [0.2, 0.25) is 0 Å². The van der Waals surface area contributed by atoms with Crippen LogP contribution in [0, 0.1) is 0 Å². The molecule has 20 heavy (non-hydrogen) atoms. The van der Waals surface area contributed by atoms with Crippen LogP contribution in [0.3, 0.4) is 0 Å². The quantitative estimate of drug-likeness (QED) is 0.767. The first-order valence-corrected chi connectivity index (χ1v) is 6.54. The maximum atomic E-state index is 6.21. The van der Waals surface area contributed by atoms with Crippen LogP contribution in [-0.2, 0) is 0 Å². The average molecular weight is 306 g/mol. The Labute approximate surface area is 125 Å². The molecule has 0 saturated carbocycles. The summed E-state index contributed by atoms with van der Waals surface area (Å²) in [5, 5.41) is 4.77. The molecule has 0 amide bonds. The zero-order chi connectivity index (χ0) is 14.1. The third-order valence-corrected chi connectivity index (χ3v) is 3.51. The summed E-state index contributed by atoms with van der Waals surface area (Å²) in [6.45, 7) is 0. The Bertz CT molecular complexity index is 736. The summed E-state index contributed by atoms with van der Waals surface area (Å²) >= 11 is 12.4. The van der Waals surface area contributed by atoms with Crippen molar-refractivity contribution in [2.45, 2.75) is 0 Å². The first-order chi connectivity index (χ1) is 9.68. The molecule has 6 heteroatoms. The highest BCUT2D eigenvalue weighted by atomic mass is 35.5. The third kappa shape index (κ3) is 2.13. The molecule has 0 bridgehead atoms. The van der Waals surface area contributed by atoms with Gasteiger partial charge in [0.1, 0.15) is 0 Å². The van der Waals surface area contributed by atoms with Gasteiger partial charge in [0, 0.05) is 12.4 Å². The van der Waals surface area contributed by atoms with Crippen LogP contribution in [0.15, 0.2) is 47.2 Å². The van der Waals surface area contributed by atoms with E-state index in [1.54, 1.807) is 30.6 Å². The van der Waals surface area contributed by atoms with E-state index >= 15 is 0 Å². The average Bonchev–Trinajstić information content (AvgIpc) is 2.81. The lowest BCUT2D eigenvalue weighted by Crippen LogP contribution is -1.89. The van der Waals surface area contributed by atoms with E-state index in [1.165, 1.54) is 0 Å². The second kappa shape index (κ2) is 5.15. The maximum absolute atomic E-state index is 6.21. The van der Waals surface area contributed by atoms with Crippen molar-refractivity contribution in [2.24, 2.45) is 0 Å². The number of nitrogens with two attached hydrogens (primary N) is 1. The van der Waals surface area contributed by atoms with Gasteiger partial charge in [-0.05, 0) is 29.8 Å². The van der Waals surface area contributed by atoms with E-state index in [0.29, 0.717) is 26.9 Å². The van der Waals surface area contributed by atoms with Gasteiger partial charge < -0.3 is 10.3 Å². The first kappa shape index (κ1) is 13.0. The Morgan fingerprint density at radius 3 is 2.25 bits per heavy atom. The molecule has 2 N–H and O–H groups in total. The number of pyridine rings is 1. The van der Waals surface area contributed by atoms with E-state index < -0.39 is 0 Å². The van der Waals surface area contributed by atoms with Crippen LogP contribution < -0.4 is 5.73 Å². The van der Waals surface area contributed by atoms with Gasteiger partial charge in [-0.2, -0.15) is 0 Å². The highest BCUT2D eigenvalue weighted by Crippen LogP contribution is 2.42. The van der Waals surface area contributed by atoms with Gasteiger partial charge in [0.15, 0.2) is 11.6 Å². The minimum atomic E-state index is 0.280. The van der Waals surface area contributed by atoms with E-state index in [-0.39, 0.29) is 5.82 Å². The maximum Gasteiger partial charge on any atom is 0.179 e. The summed E-state index contributed by atoms with van der Waals surface area (Å²) in [5.74, 6) is 0.728. The molecule has 0 unspecified atom stereocenters. The van der Waals surface area contributed by atoms with E-state index in [1.807, 2.05) is 12.1 Å². The lowest BCUT2D eigenvalue weighted by atomic mass is 10.0. The predicted octanol–water partition coefficient (Wildman–Crippen LogP) is 4.29. The minimum absolute atomic E-state index is 0.280. The summed E-state index contributed by atoms with van der Waals surface area (Å²) in [4.78, 5) is 3.98. The molecular formula is C14H9Cl2N3O. The van der Waals surface area contributed by atoms with Crippen molar-refractivity contribution < 1.29 is 4.52 Å². The van der Waals surface area contributed by atoms with Crippen molar-refractivity contribution in [3.8, 4) is 22.5 Å². The van der Waals surface area contributed by atoms with Gasteiger partial charge in [-0.15, -0.1) is 0 Å². The number of hydrogen-bond acceptors (Lipinski definition) is 4. The molecule has 2 aromatic heterocycles. The van der Waals surface area contributed by atoms with Crippen LogP contribution in [0.1, 0.15) is 0 Å². The Hall–Kier alpha value is -2.04. The summed E-state index contributed by atoms with van der Waals surface area (Å²) in [6, 6.07) is 8.86. The fourth-order valence-electron chi connectivity index (χ4n) is 1.99. The predicted molar refractivity (Wildman–Crippen MR) is 79.6 cm³/mol. The molecule has 1 aromatic carbocycles. The molecule has 3 rings (SSSR count). The van der Waals surface area contributed by atoms with Gasteiger partial charge in [-0.25, -0.2) is 0 Å². The molecule has 0 aliphatic rings. The molecule has 0 radical (unpaired) electrons. The lowest BCUT2D eigenvalue weighted by molar-refractivity contribution is 0.436. The van der Waals surface area contributed by atoms with Crippen LogP contribution in [0.4, 0.5) is 5.82 Å². The standard InChI is InChI=1S/C14H9Cl2N3O/c15-9-2-1-3-10(16)12(9)13-11(14(17)19-20-13)8-4-6-18-7-5-8/h1-7H,(H2,17,19). The van der Waals surface area contributed by atoms with Crippen LogP contribution in [-0.4, -0.2) is 10.1 Å². The summed E-state index contributed by atoms with van der Waals surface area (Å²) in [5.41, 5.74) is 7.97. The topological polar surface area (TPSA) is 64.9 Å². The first-order valence-electron chi connectivity index (χ1n) is 5.78. The summed E-state index contributed by atoms with van der Waals surface area (Å²) in [6.07, 6.45) is 3.33. The second-order valence-electron chi connectivity index (χ2n) is 4.10. The SMILES string of the molecule is Nc1noc(-c2c(Cl)cccc2Cl)c1-c1ccncc1. The molecule has 2 heterocycles. The molecule has 0 atom stereocenters. The van der Waals surface area contributed by atoms with E-state index in [4.69, 9.17) is 33.5 Å². The largest absolute Gasteiger partial charge is 0.380 e. The van der Waals surface area contributed by atoms with E-state index in [0.717, 1.165) is 5.56 Å². The number of anilines is 1. The number of rotatable bonds is 2. The molecule has 0 fully saturated rings. The zero-order valence-corrected chi connectivity index (χ0v) is 11.7. The van der Waals surface area contributed by atoms with Gasteiger partial charge in [0.25, 0.3) is 0 Å². The number of benzene rings is 1. The molecule has 0 spiro atoms. The van der Waals surface area contributed by atoms with Gasteiger partial charge in [0.05, 0.1) is 21.2 Å². The molecule has 100 valence electrons. The molecule has 0 saturated heterocycles. The van der Waals surface area contributed by atoms with Gasteiger partial charge in [-0.3, -0.25) is 4.98 Å². The van der Waals surface area contributed by atoms with Gasteiger partial charge in [-0.1, -0.05) is 34.4 Å². The molecule has 0 aliphatic heterocycles. The van der Waals surface area contributed by atoms with Crippen LogP contribution in [0.25, 0.3) is 22.5 Å². The van der Waals surface area contributed by atoms with Crippen molar-refractivity contribution in [1.29, 1.82) is 0 Å². The van der Waals surface area contributed by atoms with Crippen molar-refractivity contribution in [2.75, 3.05) is 5.73 Å². The normalized spacial score (nSPS) is 10.7. The fourth-order valence-corrected chi connectivity index (χ4v) is 2.55. The number of hydrogen-bond donors (Lipinski definition) is 1. The molecule has 0 aliphatic carbocycles. The van der Waals surface area contributed by atoms with Crippen molar-refractivity contribution in [3.05, 3.63) is 52.8 Å². The third-order valence-electron chi connectivity index (χ3n) is 2.88. The Morgan fingerprint density at radius 1 is 0.950 bits per heavy atom. The van der Waals surface area contributed by atoms with Crippen molar-refractivity contribution in [1.82, 2.24) is 10.1 Å². The van der Waals surface area contributed by atoms with Crippen LogP contribution in [0.5, 0.6) is 0 Å². The highest BCUT2D eigenvalue weighted by molar-refractivity contribution is 6.39. The monoisotopic (exact) mass is 305 g/mol. The Balaban J connectivity index is 2.27. The molecule has 3 aromatic rings. The van der Waals surface area contributed by atoms with Crippen molar-refractivity contribution >= 4 is 29.0 Å². The van der Waals surface area contributed by atoms with Gasteiger partial charge >= 0.3 is 0 Å². The minimum Gasteiger partial charge on any atom is -0.380 e. The number of aromatic nitrogens is 2. The highest BCUT2D eigenvalue weighted by Gasteiger charge is 2.21. The summed E-state index contributed by atoms with van der Waals surface area (Å²) < 4.78 is 5.33. The van der Waals surface area contributed by atoms with Crippen molar-refractivity contribution in [3.63, 3.8) is 0 Å². The van der Waals surface area contributed by atoms with Crippen LogP contribution in [0.2, 0.25) is 10.0 Å². The number of nitrogen functional groups attached to an aromatic ring is 1. The lowest BCUT2D eigenvalue weighted by Gasteiger charge is -2.06. The second-order valence-corrected chi connectivity index (χ2v) is 4.92. The van der Waals surface area contributed by atoms with E-state index in [2.05, 4.69) is 10.1 Å². The molecular weight excluding hydrogens is 297 g/mol. The zero-order valence-electron chi connectivity index (χ0n) is 10.2. The number of nitrogens with zero attached hydrogens (tertiary/aromatic N) is 2. The Kier molecular flexibility index (Phi) is 3.34. The smallest absolute Gasteiger partial charge is 0.179 e. The number of halogens is 2.